The molecule has 0 saturated heterocycles. The number of phenols is 1. The highest BCUT2D eigenvalue weighted by atomic mass is 19.1. The second-order valence-corrected chi connectivity index (χ2v) is 4.46. The molecule has 2 nitrogen and oxygen atoms in total. The summed E-state index contributed by atoms with van der Waals surface area (Å²) in [5.41, 5.74) is 2.88. The van der Waals surface area contributed by atoms with E-state index in [0.717, 1.165) is 16.8 Å². The summed E-state index contributed by atoms with van der Waals surface area (Å²) >= 11 is 0. The van der Waals surface area contributed by atoms with Gasteiger partial charge in [0.2, 0.25) is 0 Å². The van der Waals surface area contributed by atoms with Crippen molar-refractivity contribution < 1.29 is 9.50 Å². The first-order valence-corrected chi connectivity index (χ1v) is 5.81. The lowest BCUT2D eigenvalue weighted by atomic mass is 10.1. The lowest BCUT2D eigenvalue weighted by molar-refractivity contribution is 0.467. The fourth-order valence-corrected chi connectivity index (χ4v) is 1.88. The van der Waals surface area contributed by atoms with Gasteiger partial charge in [0.15, 0.2) is 0 Å². The van der Waals surface area contributed by atoms with E-state index in [1.165, 1.54) is 12.1 Å². The van der Waals surface area contributed by atoms with E-state index >= 15 is 0 Å². The molecule has 1 N–H and O–H groups in total. The Hall–Kier alpha value is -2.03. The highest BCUT2D eigenvalue weighted by Gasteiger charge is 2.06. The first kappa shape index (κ1) is 12.4. The van der Waals surface area contributed by atoms with Crippen molar-refractivity contribution in [3.63, 3.8) is 0 Å². The Labute approximate surface area is 106 Å². The van der Waals surface area contributed by atoms with Gasteiger partial charge in [0.1, 0.15) is 11.6 Å². The summed E-state index contributed by atoms with van der Waals surface area (Å²) < 4.78 is 12.8. The fraction of sp³-hybridized carbons (Fsp3) is 0.200. The minimum atomic E-state index is -0.245. The SMILES string of the molecule is Cc1ccc(O)c(CN(C)c2ccc(F)cc2)c1. The summed E-state index contributed by atoms with van der Waals surface area (Å²) in [4.78, 5) is 1.97. The number of benzene rings is 2. The van der Waals surface area contributed by atoms with Crippen LogP contribution in [0.25, 0.3) is 0 Å². The summed E-state index contributed by atoms with van der Waals surface area (Å²) in [5, 5.41) is 9.79. The molecule has 0 heterocycles. The zero-order chi connectivity index (χ0) is 13.1. The highest BCUT2D eigenvalue weighted by molar-refractivity contribution is 5.47. The minimum Gasteiger partial charge on any atom is -0.508 e. The Balaban J connectivity index is 2.18. The molecule has 94 valence electrons. The van der Waals surface area contributed by atoms with E-state index in [-0.39, 0.29) is 11.6 Å². The molecule has 0 unspecified atom stereocenters. The fourth-order valence-electron chi connectivity index (χ4n) is 1.88. The van der Waals surface area contributed by atoms with Crippen molar-refractivity contribution in [3.8, 4) is 5.75 Å². The van der Waals surface area contributed by atoms with Crippen molar-refractivity contribution in [2.45, 2.75) is 13.5 Å². The van der Waals surface area contributed by atoms with Gasteiger partial charge in [0.05, 0.1) is 0 Å². The van der Waals surface area contributed by atoms with E-state index in [4.69, 9.17) is 0 Å². The van der Waals surface area contributed by atoms with E-state index in [9.17, 15) is 9.50 Å². The Kier molecular flexibility index (Phi) is 3.51. The molecule has 0 bridgehead atoms. The average Bonchev–Trinajstić information content (AvgIpc) is 2.34. The van der Waals surface area contributed by atoms with Crippen LogP contribution in [0.2, 0.25) is 0 Å². The Morgan fingerprint density at radius 3 is 2.44 bits per heavy atom. The zero-order valence-corrected chi connectivity index (χ0v) is 10.5. The maximum absolute atomic E-state index is 12.8. The number of hydrogen-bond donors (Lipinski definition) is 1. The smallest absolute Gasteiger partial charge is 0.123 e. The van der Waals surface area contributed by atoms with Crippen LogP contribution in [0.4, 0.5) is 10.1 Å². The number of rotatable bonds is 3. The normalized spacial score (nSPS) is 10.4. The van der Waals surface area contributed by atoms with Crippen molar-refractivity contribution in [1.82, 2.24) is 0 Å². The molecule has 0 aliphatic carbocycles. The van der Waals surface area contributed by atoms with Gasteiger partial charge in [-0.25, -0.2) is 4.39 Å². The quantitative estimate of drug-likeness (QED) is 0.895. The first-order chi connectivity index (χ1) is 8.56. The topological polar surface area (TPSA) is 23.5 Å². The van der Waals surface area contributed by atoms with Crippen LogP contribution in [0.3, 0.4) is 0 Å². The molecule has 0 amide bonds. The molecule has 0 aliphatic rings. The summed E-state index contributed by atoms with van der Waals surface area (Å²) in [6.07, 6.45) is 0. The molecule has 0 radical (unpaired) electrons. The highest BCUT2D eigenvalue weighted by Crippen LogP contribution is 2.22. The van der Waals surface area contributed by atoms with Gasteiger partial charge in [-0.2, -0.15) is 0 Å². The third-order valence-corrected chi connectivity index (χ3v) is 2.91. The number of phenolic OH excluding ortho intramolecular Hbond substituents is 1. The summed E-state index contributed by atoms with van der Waals surface area (Å²) in [5.74, 6) is 0.0418. The molecule has 0 aromatic heterocycles. The maximum Gasteiger partial charge on any atom is 0.123 e. The number of aromatic hydroxyl groups is 1. The maximum atomic E-state index is 12.8. The van der Waals surface area contributed by atoms with Gasteiger partial charge in [-0.1, -0.05) is 17.7 Å². The molecule has 0 saturated carbocycles. The Bertz CT molecular complexity index is 537. The van der Waals surface area contributed by atoms with Crippen LogP contribution >= 0.6 is 0 Å². The molecule has 0 fully saturated rings. The van der Waals surface area contributed by atoms with Gasteiger partial charge >= 0.3 is 0 Å². The molecule has 3 heteroatoms. The van der Waals surface area contributed by atoms with E-state index in [1.54, 1.807) is 18.2 Å². The molecule has 0 aliphatic heterocycles. The van der Waals surface area contributed by atoms with Crippen LogP contribution < -0.4 is 4.90 Å². The summed E-state index contributed by atoms with van der Waals surface area (Å²) in [7, 11) is 1.91. The van der Waals surface area contributed by atoms with E-state index in [0.29, 0.717) is 6.54 Å². The number of halogens is 1. The van der Waals surface area contributed by atoms with Crippen molar-refractivity contribution in [3.05, 3.63) is 59.4 Å². The van der Waals surface area contributed by atoms with Crippen LogP contribution in [0.15, 0.2) is 42.5 Å². The molecular weight excluding hydrogens is 229 g/mol. The van der Waals surface area contributed by atoms with Crippen molar-refractivity contribution in [2.24, 2.45) is 0 Å². The van der Waals surface area contributed by atoms with Gasteiger partial charge in [0.25, 0.3) is 0 Å². The van der Waals surface area contributed by atoms with Gasteiger partial charge in [-0.3, -0.25) is 0 Å². The molecule has 0 atom stereocenters. The predicted molar refractivity (Wildman–Crippen MR) is 71.4 cm³/mol. The molecule has 18 heavy (non-hydrogen) atoms. The van der Waals surface area contributed by atoms with Gasteiger partial charge in [-0.15, -0.1) is 0 Å². The predicted octanol–water partition coefficient (Wildman–Crippen LogP) is 3.48. The standard InChI is InChI=1S/C15H16FNO/c1-11-3-8-15(18)12(9-11)10-17(2)14-6-4-13(16)5-7-14/h3-9,18H,10H2,1-2H3. The second kappa shape index (κ2) is 5.08. The Morgan fingerprint density at radius 1 is 1.11 bits per heavy atom. The molecule has 0 spiro atoms. The largest absolute Gasteiger partial charge is 0.508 e. The van der Waals surface area contributed by atoms with Gasteiger partial charge in [-0.05, 0) is 37.3 Å². The third kappa shape index (κ3) is 2.80. The molecular formula is C15H16FNO. The van der Waals surface area contributed by atoms with Crippen molar-refractivity contribution in [2.75, 3.05) is 11.9 Å². The number of nitrogens with zero attached hydrogens (tertiary/aromatic N) is 1. The number of anilines is 1. The number of hydrogen-bond acceptors (Lipinski definition) is 2. The van der Waals surface area contributed by atoms with Crippen LogP contribution in [0.1, 0.15) is 11.1 Å². The van der Waals surface area contributed by atoms with E-state index in [1.807, 2.05) is 31.0 Å². The molecule has 2 rings (SSSR count). The van der Waals surface area contributed by atoms with Gasteiger partial charge in [0, 0.05) is 24.8 Å². The zero-order valence-electron chi connectivity index (χ0n) is 10.5. The summed E-state index contributed by atoms with van der Waals surface area (Å²) in [6.45, 7) is 2.57. The minimum absolute atomic E-state index is 0.245. The lowest BCUT2D eigenvalue weighted by Crippen LogP contribution is -2.16. The third-order valence-electron chi connectivity index (χ3n) is 2.91. The van der Waals surface area contributed by atoms with Crippen LogP contribution in [0, 0.1) is 12.7 Å². The molecule has 2 aromatic carbocycles. The number of aryl methyl sites for hydroxylation is 1. The van der Waals surface area contributed by atoms with Gasteiger partial charge < -0.3 is 10.0 Å². The van der Waals surface area contributed by atoms with E-state index < -0.39 is 0 Å². The first-order valence-electron chi connectivity index (χ1n) is 5.81. The van der Waals surface area contributed by atoms with Crippen LogP contribution in [0.5, 0.6) is 5.75 Å². The lowest BCUT2D eigenvalue weighted by Gasteiger charge is -2.20. The second-order valence-electron chi connectivity index (χ2n) is 4.46. The average molecular weight is 245 g/mol. The van der Waals surface area contributed by atoms with Crippen LogP contribution in [-0.2, 0) is 6.54 Å². The molecule has 2 aromatic rings. The Morgan fingerprint density at radius 2 is 1.78 bits per heavy atom. The van der Waals surface area contributed by atoms with Crippen LogP contribution in [-0.4, -0.2) is 12.2 Å². The summed E-state index contributed by atoms with van der Waals surface area (Å²) in [6, 6.07) is 11.8. The van der Waals surface area contributed by atoms with E-state index in [2.05, 4.69) is 0 Å². The monoisotopic (exact) mass is 245 g/mol. The van der Waals surface area contributed by atoms with Crippen molar-refractivity contribution >= 4 is 5.69 Å². The van der Waals surface area contributed by atoms with Crippen molar-refractivity contribution in [1.29, 1.82) is 0 Å².